The maximum absolute atomic E-state index is 5.71. The van der Waals surface area contributed by atoms with Crippen LogP contribution in [-0.2, 0) is 0 Å². The summed E-state index contributed by atoms with van der Waals surface area (Å²) in [4.78, 5) is 0. The zero-order valence-corrected chi connectivity index (χ0v) is 9.19. The molecule has 2 heteroatoms. The van der Waals surface area contributed by atoms with Crippen LogP contribution in [0.2, 0.25) is 0 Å². The molecule has 0 spiro atoms. The van der Waals surface area contributed by atoms with Crippen LogP contribution in [0.4, 0.5) is 0 Å². The van der Waals surface area contributed by atoms with Gasteiger partial charge in [-0.15, -0.1) is 0 Å². The quantitative estimate of drug-likeness (QED) is 0.753. The Morgan fingerprint density at radius 3 is 3.07 bits per heavy atom. The van der Waals surface area contributed by atoms with Crippen molar-refractivity contribution in [1.82, 2.24) is 0 Å². The predicted octanol–water partition coefficient (Wildman–Crippen LogP) is 3.13. The first-order valence-corrected chi connectivity index (χ1v) is 5.32. The molecule has 0 bridgehead atoms. The molecule has 1 aliphatic rings. The molecular formula is C13H16O2. The molecule has 1 aromatic rings. The summed E-state index contributed by atoms with van der Waals surface area (Å²) in [5.74, 6) is 2.26. The van der Waals surface area contributed by atoms with Gasteiger partial charge in [0.2, 0.25) is 0 Å². The van der Waals surface area contributed by atoms with Gasteiger partial charge in [0.25, 0.3) is 0 Å². The molecule has 0 saturated heterocycles. The Balaban J connectivity index is 2.20. The summed E-state index contributed by atoms with van der Waals surface area (Å²) in [5.41, 5.74) is 1.10. The van der Waals surface area contributed by atoms with E-state index in [1.165, 1.54) is 0 Å². The van der Waals surface area contributed by atoms with E-state index in [-0.39, 0.29) is 0 Å². The molecule has 0 fully saturated rings. The van der Waals surface area contributed by atoms with Crippen molar-refractivity contribution in [2.24, 2.45) is 5.92 Å². The van der Waals surface area contributed by atoms with Gasteiger partial charge >= 0.3 is 0 Å². The largest absolute Gasteiger partial charge is 0.489 e. The smallest absolute Gasteiger partial charge is 0.168 e. The van der Waals surface area contributed by atoms with Crippen LogP contribution in [0.1, 0.15) is 19.4 Å². The average molecular weight is 204 g/mol. The van der Waals surface area contributed by atoms with Crippen LogP contribution in [0.3, 0.4) is 0 Å². The summed E-state index contributed by atoms with van der Waals surface area (Å²) in [6, 6.07) is 5.99. The van der Waals surface area contributed by atoms with Crippen molar-refractivity contribution in [3.8, 4) is 11.5 Å². The summed E-state index contributed by atoms with van der Waals surface area (Å²) >= 11 is 0. The molecule has 0 aliphatic carbocycles. The summed E-state index contributed by atoms with van der Waals surface area (Å²) in [5, 5.41) is 0. The molecule has 1 aromatic carbocycles. The summed E-state index contributed by atoms with van der Waals surface area (Å²) in [7, 11) is 0. The van der Waals surface area contributed by atoms with Gasteiger partial charge in [-0.1, -0.05) is 32.1 Å². The van der Waals surface area contributed by atoms with Gasteiger partial charge in [0.1, 0.15) is 6.61 Å². The van der Waals surface area contributed by atoms with Gasteiger partial charge in [-0.3, -0.25) is 0 Å². The first-order valence-electron chi connectivity index (χ1n) is 5.32. The maximum Gasteiger partial charge on any atom is 0.168 e. The van der Waals surface area contributed by atoms with E-state index in [1.54, 1.807) is 0 Å². The second-order valence-corrected chi connectivity index (χ2v) is 4.09. The first kappa shape index (κ1) is 10.1. The maximum atomic E-state index is 5.71. The van der Waals surface area contributed by atoms with Gasteiger partial charge in [0.05, 0.1) is 6.61 Å². The lowest BCUT2D eigenvalue weighted by Crippen LogP contribution is -2.08. The van der Waals surface area contributed by atoms with Crippen molar-refractivity contribution in [1.29, 1.82) is 0 Å². The summed E-state index contributed by atoms with van der Waals surface area (Å²) in [6.07, 6.45) is 4.08. The van der Waals surface area contributed by atoms with Crippen molar-refractivity contribution in [2.45, 2.75) is 13.8 Å². The van der Waals surface area contributed by atoms with Crippen molar-refractivity contribution in [2.75, 3.05) is 13.2 Å². The average Bonchev–Trinajstić information content (AvgIpc) is 2.26. The van der Waals surface area contributed by atoms with E-state index in [0.29, 0.717) is 12.5 Å². The van der Waals surface area contributed by atoms with Crippen LogP contribution in [-0.4, -0.2) is 13.2 Å². The molecule has 1 aliphatic heterocycles. The van der Waals surface area contributed by atoms with Crippen molar-refractivity contribution in [3.63, 3.8) is 0 Å². The van der Waals surface area contributed by atoms with Gasteiger partial charge in [-0.2, -0.15) is 0 Å². The molecular weight excluding hydrogens is 188 g/mol. The topological polar surface area (TPSA) is 18.5 Å². The molecule has 0 atom stereocenters. The number of fused-ring (bicyclic) bond motifs is 1. The number of benzene rings is 1. The number of rotatable bonds is 3. The zero-order chi connectivity index (χ0) is 10.7. The highest BCUT2D eigenvalue weighted by Crippen LogP contribution is 2.34. The predicted molar refractivity (Wildman–Crippen MR) is 61.3 cm³/mol. The van der Waals surface area contributed by atoms with E-state index in [9.17, 15) is 0 Å². The minimum atomic E-state index is 0.528. The van der Waals surface area contributed by atoms with Crippen LogP contribution >= 0.6 is 0 Å². The number of hydrogen-bond donors (Lipinski definition) is 0. The third-order valence-electron chi connectivity index (χ3n) is 2.20. The van der Waals surface area contributed by atoms with Crippen LogP contribution in [0.15, 0.2) is 24.3 Å². The Morgan fingerprint density at radius 2 is 2.27 bits per heavy atom. The summed E-state index contributed by atoms with van der Waals surface area (Å²) in [6.45, 7) is 5.63. The van der Waals surface area contributed by atoms with E-state index < -0.39 is 0 Å². The Morgan fingerprint density at radius 1 is 1.40 bits per heavy atom. The monoisotopic (exact) mass is 204 g/mol. The molecule has 0 unspecified atom stereocenters. The van der Waals surface area contributed by atoms with E-state index in [1.807, 2.05) is 24.3 Å². The molecule has 0 amide bonds. The number of ether oxygens (including phenoxy) is 2. The Labute approximate surface area is 90.5 Å². The minimum Gasteiger partial charge on any atom is -0.489 e. The minimum absolute atomic E-state index is 0.528. The molecule has 2 rings (SSSR count). The van der Waals surface area contributed by atoms with E-state index >= 15 is 0 Å². The fourth-order valence-corrected chi connectivity index (χ4v) is 1.50. The van der Waals surface area contributed by atoms with E-state index in [4.69, 9.17) is 9.47 Å². The Bertz CT molecular complexity index is 367. The van der Waals surface area contributed by atoms with Gasteiger partial charge in [0, 0.05) is 5.56 Å². The fourth-order valence-electron chi connectivity index (χ4n) is 1.50. The van der Waals surface area contributed by atoms with Crippen molar-refractivity contribution < 1.29 is 9.47 Å². The van der Waals surface area contributed by atoms with Crippen LogP contribution in [0, 0.1) is 5.92 Å². The molecule has 0 saturated carbocycles. The lowest BCUT2D eigenvalue weighted by atomic mass is 10.1. The SMILES string of the molecule is CC(C)COc1cccc2c1OCC=C2. The molecule has 80 valence electrons. The fraction of sp³-hybridized carbons (Fsp3) is 0.385. The normalized spacial score (nSPS) is 13.5. The Hall–Kier alpha value is -1.44. The molecule has 2 nitrogen and oxygen atoms in total. The van der Waals surface area contributed by atoms with Gasteiger partial charge in [0.15, 0.2) is 11.5 Å². The second kappa shape index (κ2) is 4.39. The standard InChI is InChI=1S/C13H16O2/c1-10(2)9-15-12-7-3-5-11-6-4-8-14-13(11)12/h3-7,10H,8-9H2,1-2H3. The van der Waals surface area contributed by atoms with Crippen LogP contribution in [0.25, 0.3) is 6.08 Å². The molecule has 0 N–H and O–H groups in total. The first-order chi connectivity index (χ1) is 7.27. The van der Waals surface area contributed by atoms with E-state index in [0.717, 1.165) is 23.7 Å². The van der Waals surface area contributed by atoms with Crippen LogP contribution in [0.5, 0.6) is 11.5 Å². The third-order valence-corrected chi connectivity index (χ3v) is 2.20. The molecule has 0 radical (unpaired) electrons. The lowest BCUT2D eigenvalue weighted by Gasteiger charge is -2.17. The zero-order valence-electron chi connectivity index (χ0n) is 9.19. The third kappa shape index (κ3) is 2.32. The van der Waals surface area contributed by atoms with Gasteiger partial charge < -0.3 is 9.47 Å². The van der Waals surface area contributed by atoms with Crippen molar-refractivity contribution >= 4 is 6.08 Å². The highest BCUT2D eigenvalue weighted by molar-refractivity contribution is 5.63. The van der Waals surface area contributed by atoms with Crippen molar-refractivity contribution in [3.05, 3.63) is 29.8 Å². The second-order valence-electron chi connectivity index (χ2n) is 4.09. The highest BCUT2D eigenvalue weighted by Gasteiger charge is 2.11. The molecule has 1 heterocycles. The van der Waals surface area contributed by atoms with E-state index in [2.05, 4.69) is 19.9 Å². The van der Waals surface area contributed by atoms with Gasteiger partial charge in [-0.05, 0) is 18.1 Å². The Kier molecular flexibility index (Phi) is 2.95. The summed E-state index contributed by atoms with van der Waals surface area (Å²) < 4.78 is 11.3. The number of hydrogen-bond acceptors (Lipinski definition) is 2. The molecule has 0 aromatic heterocycles. The highest BCUT2D eigenvalue weighted by atomic mass is 16.5. The molecule has 15 heavy (non-hydrogen) atoms. The lowest BCUT2D eigenvalue weighted by molar-refractivity contribution is 0.250. The van der Waals surface area contributed by atoms with Gasteiger partial charge in [-0.25, -0.2) is 0 Å². The number of para-hydroxylation sites is 1. The van der Waals surface area contributed by atoms with Crippen LogP contribution < -0.4 is 9.47 Å².